The molecule has 0 amide bonds. The maximum Gasteiger partial charge on any atom is 0.196 e. The SMILES string of the molecule is NC1=NN2C(N)C1N2Nc1ccc(F)c(F)c1F. The zero-order valence-electron chi connectivity index (χ0n) is 8.94. The molecule has 0 aliphatic carbocycles. The monoisotopic (exact) mass is 258 g/mol. The summed E-state index contributed by atoms with van der Waals surface area (Å²) in [5, 5.41) is 6.50. The number of hydrogen-bond donors (Lipinski definition) is 3. The molecule has 3 aliphatic heterocycles. The van der Waals surface area contributed by atoms with Crippen LogP contribution in [0.15, 0.2) is 17.2 Å². The van der Waals surface area contributed by atoms with Crippen molar-refractivity contribution < 1.29 is 13.2 Å². The minimum absolute atomic E-state index is 0.222. The molecule has 4 rings (SSSR count). The van der Waals surface area contributed by atoms with E-state index in [0.717, 1.165) is 12.1 Å². The molecular weight excluding hydrogens is 249 g/mol. The molecule has 2 atom stereocenters. The number of hydrazine groups is 2. The highest BCUT2D eigenvalue weighted by atomic mass is 19.2. The summed E-state index contributed by atoms with van der Waals surface area (Å²) < 4.78 is 39.2. The van der Waals surface area contributed by atoms with Crippen LogP contribution in [0.2, 0.25) is 0 Å². The van der Waals surface area contributed by atoms with E-state index in [4.69, 9.17) is 11.5 Å². The van der Waals surface area contributed by atoms with Gasteiger partial charge in [0.05, 0.1) is 5.69 Å². The van der Waals surface area contributed by atoms with Crippen molar-refractivity contribution in [2.24, 2.45) is 16.6 Å². The number of nitrogens with two attached hydrogens (primary N) is 2. The molecule has 2 unspecified atom stereocenters. The molecule has 0 radical (unpaired) electrons. The van der Waals surface area contributed by atoms with E-state index in [1.54, 1.807) is 0 Å². The molecule has 1 fully saturated rings. The summed E-state index contributed by atoms with van der Waals surface area (Å²) in [7, 11) is 0. The van der Waals surface area contributed by atoms with Crippen LogP contribution in [0.25, 0.3) is 0 Å². The molecule has 1 aromatic rings. The van der Waals surface area contributed by atoms with E-state index >= 15 is 0 Å². The summed E-state index contributed by atoms with van der Waals surface area (Å²) in [5.41, 5.74) is 13.6. The Kier molecular flexibility index (Phi) is 2.16. The van der Waals surface area contributed by atoms with Gasteiger partial charge in [-0.05, 0) is 12.1 Å². The second-order valence-electron chi connectivity index (χ2n) is 3.96. The molecule has 9 heteroatoms. The number of hydrogen-bond acceptors (Lipinski definition) is 6. The Hall–Kier alpha value is -2.00. The standard InChI is InChI=1S/C9H9F3N6/c10-3-1-2-4(6(12)5(3)11)15-17-7-8(13)16-18(17)9(7)14/h1-2,7,9,15H,14H2,(H2,13,16). The van der Waals surface area contributed by atoms with Gasteiger partial charge in [-0.1, -0.05) is 0 Å². The highest BCUT2D eigenvalue weighted by Gasteiger charge is 2.53. The molecule has 0 spiro atoms. The third-order valence-corrected chi connectivity index (χ3v) is 2.87. The maximum atomic E-state index is 13.4. The minimum Gasteiger partial charge on any atom is -0.384 e. The predicted octanol–water partition coefficient (Wildman–Crippen LogP) is -0.0974. The Morgan fingerprint density at radius 1 is 1.22 bits per heavy atom. The Morgan fingerprint density at radius 3 is 2.50 bits per heavy atom. The van der Waals surface area contributed by atoms with Crippen LogP contribution in [0.1, 0.15) is 0 Å². The highest BCUT2D eigenvalue weighted by molar-refractivity contribution is 5.89. The van der Waals surface area contributed by atoms with Crippen molar-refractivity contribution in [3.63, 3.8) is 0 Å². The zero-order valence-corrected chi connectivity index (χ0v) is 8.94. The number of nitrogens with one attached hydrogen (secondary N) is 1. The molecule has 1 saturated heterocycles. The lowest BCUT2D eigenvalue weighted by Gasteiger charge is -2.46. The van der Waals surface area contributed by atoms with E-state index in [9.17, 15) is 13.2 Å². The quantitative estimate of drug-likeness (QED) is 0.645. The average Bonchev–Trinajstić information content (AvgIpc) is 2.82. The molecule has 0 saturated carbocycles. The predicted molar refractivity (Wildman–Crippen MR) is 57.0 cm³/mol. The third kappa shape index (κ3) is 1.28. The highest BCUT2D eigenvalue weighted by Crippen LogP contribution is 2.31. The molecule has 18 heavy (non-hydrogen) atoms. The minimum atomic E-state index is -1.54. The molecule has 3 aliphatic rings. The van der Waals surface area contributed by atoms with Gasteiger partial charge in [-0.3, -0.25) is 5.43 Å². The summed E-state index contributed by atoms with van der Waals surface area (Å²) >= 11 is 0. The number of anilines is 1. The first-order valence-corrected chi connectivity index (χ1v) is 5.09. The zero-order chi connectivity index (χ0) is 13.0. The Bertz CT molecular complexity index is 547. The normalized spacial score (nSPS) is 26.0. The lowest BCUT2D eigenvalue weighted by Crippen LogP contribution is -2.72. The van der Waals surface area contributed by atoms with Gasteiger partial charge in [0.2, 0.25) is 0 Å². The molecule has 1 aromatic carbocycles. The van der Waals surface area contributed by atoms with Crippen molar-refractivity contribution in [1.29, 1.82) is 0 Å². The van der Waals surface area contributed by atoms with Crippen molar-refractivity contribution in [3.05, 3.63) is 29.6 Å². The fourth-order valence-electron chi connectivity index (χ4n) is 1.92. The van der Waals surface area contributed by atoms with Crippen LogP contribution in [0.3, 0.4) is 0 Å². The van der Waals surface area contributed by atoms with Crippen LogP contribution in [0.4, 0.5) is 18.9 Å². The molecule has 0 aromatic heterocycles. The first kappa shape index (κ1) is 11.1. The fraction of sp³-hybridized carbons (Fsp3) is 0.222. The van der Waals surface area contributed by atoms with Gasteiger partial charge in [0.15, 0.2) is 17.5 Å². The van der Waals surface area contributed by atoms with E-state index in [1.165, 1.54) is 10.2 Å². The summed E-state index contributed by atoms with van der Waals surface area (Å²) in [6.45, 7) is 0. The lowest BCUT2D eigenvalue weighted by atomic mass is 10.2. The topological polar surface area (TPSA) is 82.9 Å². The summed E-state index contributed by atoms with van der Waals surface area (Å²) in [4.78, 5) is 0. The number of nitrogens with zero attached hydrogens (tertiary/aromatic N) is 3. The smallest absolute Gasteiger partial charge is 0.196 e. The van der Waals surface area contributed by atoms with E-state index in [0.29, 0.717) is 0 Å². The Labute approximate surface area is 99.6 Å². The first-order chi connectivity index (χ1) is 8.50. The van der Waals surface area contributed by atoms with Gasteiger partial charge < -0.3 is 11.5 Å². The number of rotatable bonds is 2. The van der Waals surface area contributed by atoms with Gasteiger partial charge in [-0.25, -0.2) is 13.2 Å². The lowest BCUT2D eigenvalue weighted by molar-refractivity contribution is -0.143. The average molecular weight is 258 g/mol. The third-order valence-electron chi connectivity index (χ3n) is 2.87. The van der Waals surface area contributed by atoms with E-state index in [2.05, 4.69) is 10.5 Å². The van der Waals surface area contributed by atoms with Gasteiger partial charge in [0.1, 0.15) is 18.0 Å². The Balaban J connectivity index is 1.82. The van der Waals surface area contributed by atoms with Crippen molar-refractivity contribution in [2.75, 3.05) is 5.43 Å². The Morgan fingerprint density at radius 2 is 1.94 bits per heavy atom. The second-order valence-corrected chi connectivity index (χ2v) is 3.96. The van der Waals surface area contributed by atoms with Gasteiger partial charge in [-0.15, -0.1) is 10.2 Å². The van der Waals surface area contributed by atoms with Gasteiger partial charge in [0, 0.05) is 0 Å². The van der Waals surface area contributed by atoms with Crippen LogP contribution in [-0.4, -0.2) is 28.3 Å². The van der Waals surface area contributed by atoms with E-state index in [1.807, 2.05) is 0 Å². The van der Waals surface area contributed by atoms with Crippen molar-refractivity contribution in [2.45, 2.75) is 12.2 Å². The van der Waals surface area contributed by atoms with Crippen LogP contribution in [0.5, 0.6) is 0 Å². The number of hydrazone groups is 1. The van der Waals surface area contributed by atoms with E-state index in [-0.39, 0.29) is 11.5 Å². The molecule has 5 N–H and O–H groups in total. The molecular formula is C9H9F3N6. The van der Waals surface area contributed by atoms with Crippen molar-refractivity contribution in [3.8, 4) is 0 Å². The molecule has 96 valence electrons. The number of amidine groups is 1. The van der Waals surface area contributed by atoms with Crippen LogP contribution in [-0.2, 0) is 0 Å². The molecule has 3 heterocycles. The van der Waals surface area contributed by atoms with E-state index < -0.39 is 29.7 Å². The van der Waals surface area contributed by atoms with Crippen LogP contribution < -0.4 is 16.9 Å². The number of benzene rings is 1. The molecule has 6 nitrogen and oxygen atoms in total. The van der Waals surface area contributed by atoms with Crippen LogP contribution in [0, 0.1) is 17.5 Å². The van der Waals surface area contributed by atoms with Gasteiger partial charge >= 0.3 is 0 Å². The number of halogens is 3. The second kappa shape index (κ2) is 3.50. The van der Waals surface area contributed by atoms with Gasteiger partial charge in [-0.2, -0.15) is 5.12 Å². The van der Waals surface area contributed by atoms with Crippen molar-refractivity contribution in [1.82, 2.24) is 10.2 Å². The largest absolute Gasteiger partial charge is 0.384 e. The van der Waals surface area contributed by atoms with Crippen LogP contribution >= 0.6 is 0 Å². The fourth-order valence-corrected chi connectivity index (χ4v) is 1.92. The maximum absolute atomic E-state index is 13.4. The molecule has 2 bridgehead atoms. The summed E-state index contributed by atoms with van der Waals surface area (Å²) in [6.07, 6.45) is -0.425. The summed E-state index contributed by atoms with van der Waals surface area (Å²) in [5.74, 6) is -3.83. The first-order valence-electron chi connectivity index (χ1n) is 5.09. The van der Waals surface area contributed by atoms with Gasteiger partial charge in [0.25, 0.3) is 0 Å². The van der Waals surface area contributed by atoms with Crippen molar-refractivity contribution >= 4 is 11.5 Å². The summed E-state index contributed by atoms with van der Waals surface area (Å²) in [6, 6.07) is 1.48.